The van der Waals surface area contributed by atoms with Crippen LogP contribution >= 0.6 is 0 Å². The van der Waals surface area contributed by atoms with Crippen molar-refractivity contribution in [3.63, 3.8) is 0 Å². The second kappa shape index (κ2) is 5.28. The van der Waals surface area contributed by atoms with E-state index in [1.807, 2.05) is 0 Å². The fourth-order valence-corrected chi connectivity index (χ4v) is 4.45. The molecule has 3 rings (SSSR count). The predicted molar refractivity (Wildman–Crippen MR) is 78.0 cm³/mol. The summed E-state index contributed by atoms with van der Waals surface area (Å²) in [4.78, 5) is 0. The Bertz CT molecular complexity index is 437. The Morgan fingerprint density at radius 2 is 2.26 bits per heavy atom. The Hall–Kier alpha value is -0.830. The van der Waals surface area contributed by atoms with Crippen molar-refractivity contribution in [2.75, 3.05) is 7.05 Å². The zero-order valence-corrected chi connectivity index (χ0v) is 12.5. The smallest absolute Gasteiger partial charge is 0.0597 e. The number of aryl methyl sites for hydroxylation is 2. The molecule has 0 amide bonds. The summed E-state index contributed by atoms with van der Waals surface area (Å²) in [5, 5.41) is 8.13. The first kappa shape index (κ1) is 13.2. The summed E-state index contributed by atoms with van der Waals surface area (Å²) in [6.45, 7) is 5.25. The van der Waals surface area contributed by atoms with Crippen molar-refractivity contribution in [2.24, 2.45) is 17.8 Å². The summed E-state index contributed by atoms with van der Waals surface area (Å²) in [6, 6.07) is 2.74. The summed E-state index contributed by atoms with van der Waals surface area (Å²) in [5.41, 5.74) is 2.52. The van der Waals surface area contributed by atoms with Gasteiger partial charge in [0.05, 0.1) is 11.4 Å². The second-order valence-electron chi connectivity index (χ2n) is 6.54. The summed E-state index contributed by atoms with van der Waals surface area (Å²) in [5.74, 6) is 3.00. The van der Waals surface area contributed by atoms with Crippen LogP contribution in [0.4, 0.5) is 0 Å². The molecule has 0 aromatic carbocycles. The number of rotatable bonds is 5. The lowest BCUT2D eigenvalue weighted by atomic mass is 9.83. The zero-order valence-electron chi connectivity index (χ0n) is 12.5. The Labute approximate surface area is 116 Å². The van der Waals surface area contributed by atoms with E-state index in [9.17, 15) is 0 Å². The molecule has 1 heterocycles. The van der Waals surface area contributed by atoms with Crippen molar-refractivity contribution < 1.29 is 0 Å². The first-order chi connectivity index (χ1) is 9.21. The fraction of sp³-hybridized carbons (Fsp3) is 0.812. The molecular weight excluding hydrogens is 234 g/mol. The molecule has 2 aliphatic carbocycles. The number of nitrogens with one attached hydrogen (secondary N) is 1. The fourth-order valence-electron chi connectivity index (χ4n) is 4.45. The van der Waals surface area contributed by atoms with E-state index in [4.69, 9.17) is 0 Å². The van der Waals surface area contributed by atoms with Gasteiger partial charge >= 0.3 is 0 Å². The van der Waals surface area contributed by atoms with Gasteiger partial charge < -0.3 is 5.32 Å². The van der Waals surface area contributed by atoms with Crippen molar-refractivity contribution in [1.29, 1.82) is 0 Å². The lowest BCUT2D eigenvalue weighted by Gasteiger charge is -2.27. The molecule has 4 unspecified atom stereocenters. The van der Waals surface area contributed by atoms with Gasteiger partial charge in [-0.05, 0) is 70.4 Å². The van der Waals surface area contributed by atoms with Gasteiger partial charge in [-0.15, -0.1) is 0 Å². The lowest BCUT2D eigenvalue weighted by Crippen LogP contribution is -2.25. The highest BCUT2D eigenvalue weighted by atomic mass is 15.3. The molecule has 2 aliphatic rings. The first-order valence-corrected chi connectivity index (χ1v) is 7.92. The van der Waals surface area contributed by atoms with Crippen molar-refractivity contribution in [1.82, 2.24) is 15.1 Å². The monoisotopic (exact) mass is 261 g/mol. The molecule has 2 saturated carbocycles. The molecule has 0 saturated heterocycles. The number of aromatic nitrogens is 2. The minimum atomic E-state index is 0.477. The van der Waals surface area contributed by atoms with Gasteiger partial charge in [0.1, 0.15) is 0 Å². The van der Waals surface area contributed by atoms with Crippen molar-refractivity contribution in [3.8, 4) is 0 Å². The summed E-state index contributed by atoms with van der Waals surface area (Å²) < 4.78 is 2.17. The summed E-state index contributed by atoms with van der Waals surface area (Å²) >= 11 is 0. The van der Waals surface area contributed by atoms with Crippen LogP contribution in [-0.2, 0) is 6.54 Å². The molecule has 2 bridgehead atoms. The molecular formula is C16H27N3. The standard InChI is InChI=1S/C16H27N3/c1-4-19-16(7-11(2)18-19)15(17-3)10-14-9-12-5-6-13(14)8-12/h7,12-15,17H,4-6,8-10H2,1-3H3. The van der Waals surface area contributed by atoms with Crippen LogP contribution in [0.5, 0.6) is 0 Å². The largest absolute Gasteiger partial charge is 0.312 e. The molecule has 3 nitrogen and oxygen atoms in total. The lowest BCUT2D eigenvalue weighted by molar-refractivity contribution is 0.279. The van der Waals surface area contributed by atoms with Gasteiger partial charge in [-0.2, -0.15) is 5.10 Å². The molecule has 0 radical (unpaired) electrons. The van der Waals surface area contributed by atoms with Crippen LogP contribution in [0.15, 0.2) is 6.07 Å². The van der Waals surface area contributed by atoms with E-state index >= 15 is 0 Å². The quantitative estimate of drug-likeness (QED) is 0.881. The minimum absolute atomic E-state index is 0.477. The molecule has 0 aliphatic heterocycles. The van der Waals surface area contributed by atoms with E-state index in [1.54, 1.807) is 0 Å². The molecule has 4 atom stereocenters. The zero-order chi connectivity index (χ0) is 13.4. The summed E-state index contributed by atoms with van der Waals surface area (Å²) in [6.07, 6.45) is 7.26. The van der Waals surface area contributed by atoms with Gasteiger partial charge in [-0.3, -0.25) is 4.68 Å². The van der Waals surface area contributed by atoms with Gasteiger partial charge in [-0.1, -0.05) is 6.42 Å². The van der Waals surface area contributed by atoms with Crippen molar-refractivity contribution in [2.45, 2.75) is 58.5 Å². The van der Waals surface area contributed by atoms with Gasteiger partial charge in [0, 0.05) is 12.6 Å². The number of hydrogen-bond donors (Lipinski definition) is 1. The van der Waals surface area contributed by atoms with Crippen LogP contribution in [-0.4, -0.2) is 16.8 Å². The van der Waals surface area contributed by atoms with E-state index in [1.165, 1.54) is 37.8 Å². The van der Waals surface area contributed by atoms with Gasteiger partial charge in [0.2, 0.25) is 0 Å². The third-order valence-electron chi connectivity index (χ3n) is 5.36. The van der Waals surface area contributed by atoms with E-state index in [0.29, 0.717) is 6.04 Å². The second-order valence-corrected chi connectivity index (χ2v) is 6.54. The number of nitrogens with zero attached hydrogens (tertiary/aromatic N) is 2. The molecule has 0 spiro atoms. The van der Waals surface area contributed by atoms with Crippen LogP contribution in [0.3, 0.4) is 0 Å². The van der Waals surface area contributed by atoms with Gasteiger partial charge in [0.25, 0.3) is 0 Å². The maximum atomic E-state index is 4.60. The highest BCUT2D eigenvalue weighted by molar-refractivity contribution is 5.14. The van der Waals surface area contributed by atoms with Crippen LogP contribution in [0.2, 0.25) is 0 Å². The van der Waals surface area contributed by atoms with Gasteiger partial charge in [-0.25, -0.2) is 0 Å². The van der Waals surface area contributed by atoms with E-state index in [2.05, 4.69) is 42.1 Å². The highest BCUT2D eigenvalue weighted by Crippen LogP contribution is 2.50. The van der Waals surface area contributed by atoms with Crippen LogP contribution < -0.4 is 5.32 Å². The Morgan fingerprint density at radius 3 is 2.84 bits per heavy atom. The first-order valence-electron chi connectivity index (χ1n) is 7.92. The number of fused-ring (bicyclic) bond motifs is 2. The average molecular weight is 261 g/mol. The van der Waals surface area contributed by atoms with Crippen LogP contribution in [0, 0.1) is 24.7 Å². The molecule has 3 heteroatoms. The average Bonchev–Trinajstić information content (AvgIpc) is 3.10. The minimum Gasteiger partial charge on any atom is -0.312 e. The molecule has 1 N–H and O–H groups in total. The normalized spacial score (nSPS) is 31.0. The topological polar surface area (TPSA) is 29.9 Å². The highest BCUT2D eigenvalue weighted by Gasteiger charge is 2.40. The molecule has 2 fully saturated rings. The van der Waals surface area contributed by atoms with Crippen LogP contribution in [0.1, 0.15) is 56.5 Å². The Kier molecular flexibility index (Phi) is 3.66. The number of hydrogen-bond acceptors (Lipinski definition) is 2. The molecule has 19 heavy (non-hydrogen) atoms. The third-order valence-corrected chi connectivity index (χ3v) is 5.36. The molecule has 1 aromatic heterocycles. The molecule has 106 valence electrons. The Balaban J connectivity index is 1.73. The van der Waals surface area contributed by atoms with Gasteiger partial charge in [0.15, 0.2) is 0 Å². The Morgan fingerprint density at radius 1 is 1.42 bits per heavy atom. The SMILES string of the molecule is CCn1nc(C)cc1C(CC1CC2CCC1C2)NC. The predicted octanol–water partition coefficient (Wildman–Crippen LogP) is 3.30. The van der Waals surface area contributed by atoms with Crippen LogP contribution in [0.25, 0.3) is 0 Å². The van der Waals surface area contributed by atoms with E-state index in [-0.39, 0.29) is 0 Å². The molecule has 1 aromatic rings. The van der Waals surface area contributed by atoms with E-state index in [0.717, 1.165) is 30.0 Å². The third kappa shape index (κ3) is 2.45. The maximum absolute atomic E-state index is 4.60. The maximum Gasteiger partial charge on any atom is 0.0597 e. The van der Waals surface area contributed by atoms with Crippen molar-refractivity contribution in [3.05, 3.63) is 17.5 Å². The summed E-state index contributed by atoms with van der Waals surface area (Å²) in [7, 11) is 2.10. The van der Waals surface area contributed by atoms with Crippen molar-refractivity contribution >= 4 is 0 Å². The van der Waals surface area contributed by atoms with E-state index < -0.39 is 0 Å².